The molecule has 0 radical (unpaired) electrons. The van der Waals surface area contributed by atoms with Gasteiger partial charge in [0, 0.05) is 11.4 Å². The maximum atomic E-state index is 3.62. The predicted molar refractivity (Wildman–Crippen MR) is 66.2 cm³/mol. The monoisotopic (exact) mass is 262 g/mol. The van der Waals surface area contributed by atoms with E-state index in [-0.39, 0.29) is 0 Å². The lowest BCUT2D eigenvalue weighted by Gasteiger charge is -2.34. The SMILES string of the molecule is CN(C)CCCN1CCCCC1CBr. The number of rotatable bonds is 5. The average molecular weight is 263 g/mol. The van der Waals surface area contributed by atoms with Crippen LogP contribution in [-0.2, 0) is 0 Å². The first-order valence-corrected chi connectivity index (χ1v) is 6.81. The van der Waals surface area contributed by atoms with Crippen LogP contribution in [0.15, 0.2) is 0 Å². The summed E-state index contributed by atoms with van der Waals surface area (Å²) in [5.41, 5.74) is 0. The molecule has 0 amide bonds. The molecule has 0 spiro atoms. The number of nitrogens with zero attached hydrogens (tertiary/aromatic N) is 2. The Labute approximate surface area is 96.8 Å². The summed E-state index contributed by atoms with van der Waals surface area (Å²) in [6.45, 7) is 3.80. The summed E-state index contributed by atoms with van der Waals surface area (Å²) in [5.74, 6) is 0. The summed E-state index contributed by atoms with van der Waals surface area (Å²) in [5, 5.41) is 1.15. The minimum atomic E-state index is 0.797. The number of hydrogen-bond acceptors (Lipinski definition) is 2. The molecule has 1 rings (SSSR count). The van der Waals surface area contributed by atoms with E-state index in [1.165, 1.54) is 45.3 Å². The summed E-state index contributed by atoms with van der Waals surface area (Å²) in [7, 11) is 4.30. The zero-order valence-corrected chi connectivity index (χ0v) is 11.1. The van der Waals surface area contributed by atoms with Crippen LogP contribution < -0.4 is 0 Å². The van der Waals surface area contributed by atoms with Crippen LogP contribution in [0.1, 0.15) is 25.7 Å². The van der Waals surface area contributed by atoms with E-state index in [2.05, 4.69) is 39.8 Å². The third kappa shape index (κ3) is 4.28. The van der Waals surface area contributed by atoms with Gasteiger partial charge in [0.15, 0.2) is 0 Å². The zero-order valence-electron chi connectivity index (χ0n) is 9.51. The molecular weight excluding hydrogens is 240 g/mol. The lowest BCUT2D eigenvalue weighted by atomic mass is 10.0. The van der Waals surface area contributed by atoms with Gasteiger partial charge in [0.2, 0.25) is 0 Å². The standard InChI is InChI=1S/C11H23BrN2/c1-13(2)7-5-9-14-8-4-3-6-11(14)10-12/h11H,3-10H2,1-2H3. The van der Waals surface area contributed by atoms with Crippen LogP contribution in [-0.4, -0.2) is 54.9 Å². The Hall–Kier alpha value is 0.400. The quantitative estimate of drug-likeness (QED) is 0.701. The van der Waals surface area contributed by atoms with E-state index >= 15 is 0 Å². The molecule has 3 heteroatoms. The lowest BCUT2D eigenvalue weighted by Crippen LogP contribution is -2.41. The van der Waals surface area contributed by atoms with E-state index in [4.69, 9.17) is 0 Å². The Kier molecular flexibility index (Phi) is 6.06. The fourth-order valence-electron chi connectivity index (χ4n) is 2.12. The topological polar surface area (TPSA) is 6.48 Å². The van der Waals surface area contributed by atoms with Crippen LogP contribution in [0, 0.1) is 0 Å². The van der Waals surface area contributed by atoms with Crippen molar-refractivity contribution >= 4 is 15.9 Å². The van der Waals surface area contributed by atoms with E-state index in [0.29, 0.717) is 0 Å². The molecule has 0 saturated carbocycles. The van der Waals surface area contributed by atoms with Crippen molar-refractivity contribution in [2.45, 2.75) is 31.7 Å². The lowest BCUT2D eigenvalue weighted by molar-refractivity contribution is 0.158. The van der Waals surface area contributed by atoms with E-state index in [0.717, 1.165) is 11.4 Å². The highest BCUT2D eigenvalue weighted by Gasteiger charge is 2.20. The molecule has 1 fully saturated rings. The molecule has 0 aromatic carbocycles. The van der Waals surface area contributed by atoms with E-state index < -0.39 is 0 Å². The largest absolute Gasteiger partial charge is 0.309 e. The van der Waals surface area contributed by atoms with Crippen molar-refractivity contribution in [3.8, 4) is 0 Å². The van der Waals surface area contributed by atoms with E-state index in [1.54, 1.807) is 0 Å². The highest BCUT2D eigenvalue weighted by Crippen LogP contribution is 2.18. The van der Waals surface area contributed by atoms with Gasteiger partial charge in [0.1, 0.15) is 0 Å². The van der Waals surface area contributed by atoms with E-state index in [9.17, 15) is 0 Å². The van der Waals surface area contributed by atoms with Crippen LogP contribution in [0.5, 0.6) is 0 Å². The highest BCUT2D eigenvalue weighted by atomic mass is 79.9. The summed E-state index contributed by atoms with van der Waals surface area (Å²) >= 11 is 3.62. The van der Waals surface area contributed by atoms with Gasteiger partial charge in [0.25, 0.3) is 0 Å². The molecular formula is C11H23BrN2. The Morgan fingerprint density at radius 3 is 2.79 bits per heavy atom. The van der Waals surface area contributed by atoms with Crippen molar-refractivity contribution in [3.05, 3.63) is 0 Å². The fourth-order valence-corrected chi connectivity index (χ4v) is 2.85. The molecule has 0 aromatic heterocycles. The van der Waals surface area contributed by atoms with Gasteiger partial charge in [-0.15, -0.1) is 0 Å². The normalized spacial score (nSPS) is 24.4. The van der Waals surface area contributed by atoms with Crippen molar-refractivity contribution < 1.29 is 0 Å². The van der Waals surface area contributed by atoms with Gasteiger partial charge < -0.3 is 4.90 Å². The Morgan fingerprint density at radius 2 is 2.14 bits per heavy atom. The van der Waals surface area contributed by atoms with Crippen molar-refractivity contribution in [3.63, 3.8) is 0 Å². The number of halogens is 1. The molecule has 1 saturated heterocycles. The molecule has 0 N–H and O–H groups in total. The molecule has 14 heavy (non-hydrogen) atoms. The molecule has 1 unspecified atom stereocenters. The Bertz CT molecular complexity index is 150. The van der Waals surface area contributed by atoms with Crippen molar-refractivity contribution in [2.24, 2.45) is 0 Å². The molecule has 0 aliphatic carbocycles. The molecule has 0 bridgehead atoms. The van der Waals surface area contributed by atoms with Crippen LogP contribution in [0.2, 0.25) is 0 Å². The van der Waals surface area contributed by atoms with Crippen LogP contribution in [0.25, 0.3) is 0 Å². The highest BCUT2D eigenvalue weighted by molar-refractivity contribution is 9.09. The first kappa shape index (κ1) is 12.5. The van der Waals surface area contributed by atoms with Crippen LogP contribution in [0.3, 0.4) is 0 Å². The Balaban J connectivity index is 2.19. The van der Waals surface area contributed by atoms with Crippen LogP contribution >= 0.6 is 15.9 Å². The second-order valence-electron chi connectivity index (χ2n) is 4.50. The molecule has 1 heterocycles. The van der Waals surface area contributed by atoms with Crippen LogP contribution in [0.4, 0.5) is 0 Å². The maximum Gasteiger partial charge on any atom is 0.0192 e. The molecule has 1 aliphatic heterocycles. The van der Waals surface area contributed by atoms with Gasteiger partial charge in [-0.05, 0) is 53.0 Å². The third-order valence-corrected chi connectivity index (χ3v) is 3.73. The zero-order chi connectivity index (χ0) is 10.4. The minimum Gasteiger partial charge on any atom is -0.309 e. The molecule has 84 valence electrons. The Morgan fingerprint density at radius 1 is 1.36 bits per heavy atom. The number of piperidine rings is 1. The van der Waals surface area contributed by atoms with Gasteiger partial charge in [-0.25, -0.2) is 0 Å². The first-order valence-electron chi connectivity index (χ1n) is 5.69. The van der Waals surface area contributed by atoms with E-state index in [1.807, 2.05) is 0 Å². The molecule has 1 atom stereocenters. The van der Waals surface area contributed by atoms with Gasteiger partial charge in [-0.1, -0.05) is 22.4 Å². The van der Waals surface area contributed by atoms with Crippen molar-refractivity contribution in [1.29, 1.82) is 0 Å². The fraction of sp³-hybridized carbons (Fsp3) is 1.00. The number of likely N-dealkylation sites (tertiary alicyclic amines) is 1. The van der Waals surface area contributed by atoms with Gasteiger partial charge in [0.05, 0.1) is 0 Å². The van der Waals surface area contributed by atoms with Gasteiger partial charge in [-0.3, -0.25) is 4.90 Å². The summed E-state index contributed by atoms with van der Waals surface area (Å²) in [4.78, 5) is 4.93. The predicted octanol–water partition coefficient (Wildman–Crippen LogP) is 2.19. The average Bonchev–Trinajstić information content (AvgIpc) is 2.18. The third-order valence-electron chi connectivity index (χ3n) is 2.98. The second-order valence-corrected chi connectivity index (χ2v) is 5.14. The summed E-state index contributed by atoms with van der Waals surface area (Å²) < 4.78 is 0. The number of alkyl halides is 1. The summed E-state index contributed by atoms with van der Waals surface area (Å²) in [6.07, 6.45) is 5.50. The maximum absolute atomic E-state index is 3.62. The van der Waals surface area contributed by atoms with Crippen molar-refractivity contribution in [2.75, 3.05) is 39.1 Å². The number of hydrogen-bond donors (Lipinski definition) is 0. The van der Waals surface area contributed by atoms with Crippen molar-refractivity contribution in [1.82, 2.24) is 9.80 Å². The molecule has 0 aromatic rings. The molecule has 2 nitrogen and oxygen atoms in total. The first-order chi connectivity index (χ1) is 6.74. The minimum absolute atomic E-state index is 0.797. The second kappa shape index (κ2) is 6.81. The molecule has 1 aliphatic rings. The summed E-state index contributed by atoms with van der Waals surface area (Å²) in [6, 6.07) is 0.797. The van der Waals surface area contributed by atoms with Gasteiger partial charge in [-0.2, -0.15) is 0 Å². The van der Waals surface area contributed by atoms with Gasteiger partial charge >= 0.3 is 0 Å². The smallest absolute Gasteiger partial charge is 0.0192 e.